The first-order chi connectivity index (χ1) is 8.79. The number of carboxylic acid groups (broad SMARTS) is 1. The number of thioether (sulfide) groups is 1. The summed E-state index contributed by atoms with van der Waals surface area (Å²) in [5, 5.41) is 8.54. The van der Waals surface area contributed by atoms with Crippen LogP contribution in [-0.4, -0.2) is 34.8 Å². The minimum atomic E-state index is -4.18. The van der Waals surface area contributed by atoms with E-state index in [9.17, 15) is 18.0 Å². The molecule has 112 valence electrons. The summed E-state index contributed by atoms with van der Waals surface area (Å²) < 4.78 is 37.9. The van der Waals surface area contributed by atoms with Gasteiger partial charge in [0.1, 0.15) is 6.04 Å². The Morgan fingerprint density at radius 2 is 1.89 bits per heavy atom. The van der Waals surface area contributed by atoms with Gasteiger partial charge in [0.05, 0.1) is 5.92 Å². The predicted octanol–water partition coefficient (Wildman–Crippen LogP) is 3.06. The predicted molar refractivity (Wildman–Crippen MR) is 71.1 cm³/mol. The normalized spacial score (nSPS) is 14.9. The molecule has 2 atom stereocenters. The SMILES string of the molecule is C=CCCC(CCSCCC(N)C(=O)O)C(F)(F)F. The molecule has 0 fully saturated rings. The molecule has 3 N–H and O–H groups in total. The quantitative estimate of drug-likeness (QED) is 0.481. The molecule has 0 bridgehead atoms. The molecule has 3 nitrogen and oxygen atoms in total. The van der Waals surface area contributed by atoms with Gasteiger partial charge >= 0.3 is 12.1 Å². The van der Waals surface area contributed by atoms with Gasteiger partial charge in [-0.3, -0.25) is 4.79 Å². The lowest BCUT2D eigenvalue weighted by Gasteiger charge is -2.19. The largest absolute Gasteiger partial charge is 0.480 e. The summed E-state index contributed by atoms with van der Waals surface area (Å²) in [5.74, 6) is -1.58. The maximum Gasteiger partial charge on any atom is 0.391 e. The Hall–Kier alpha value is -0.690. The minimum Gasteiger partial charge on any atom is -0.480 e. The van der Waals surface area contributed by atoms with E-state index in [1.165, 1.54) is 17.8 Å². The number of alkyl halides is 3. The van der Waals surface area contributed by atoms with Gasteiger partial charge in [0.2, 0.25) is 0 Å². The van der Waals surface area contributed by atoms with Gasteiger partial charge in [0, 0.05) is 0 Å². The third kappa shape index (κ3) is 8.93. The van der Waals surface area contributed by atoms with Crippen molar-refractivity contribution in [3.8, 4) is 0 Å². The second-order valence-corrected chi connectivity index (χ2v) is 5.46. The molecule has 0 aliphatic heterocycles. The van der Waals surface area contributed by atoms with E-state index < -0.39 is 24.1 Å². The summed E-state index contributed by atoms with van der Waals surface area (Å²) in [4.78, 5) is 10.4. The molecule has 0 aromatic carbocycles. The smallest absolute Gasteiger partial charge is 0.391 e. The third-order valence-corrected chi connectivity index (χ3v) is 3.73. The second-order valence-electron chi connectivity index (χ2n) is 4.24. The number of hydrogen-bond donors (Lipinski definition) is 2. The molecule has 0 amide bonds. The van der Waals surface area contributed by atoms with Crippen LogP contribution in [0.25, 0.3) is 0 Å². The van der Waals surface area contributed by atoms with Crippen molar-refractivity contribution in [2.24, 2.45) is 11.7 Å². The Morgan fingerprint density at radius 1 is 1.32 bits per heavy atom. The summed E-state index contributed by atoms with van der Waals surface area (Å²) in [6.07, 6.45) is -1.98. The van der Waals surface area contributed by atoms with Crippen LogP contribution in [0.3, 0.4) is 0 Å². The highest BCUT2D eigenvalue weighted by molar-refractivity contribution is 7.99. The summed E-state index contributed by atoms with van der Waals surface area (Å²) in [6, 6.07) is -0.938. The first-order valence-corrected chi connectivity index (χ1v) is 7.18. The van der Waals surface area contributed by atoms with E-state index in [2.05, 4.69) is 6.58 Å². The molecular weight excluding hydrogens is 279 g/mol. The number of hydrogen-bond acceptors (Lipinski definition) is 3. The van der Waals surface area contributed by atoms with E-state index in [1.54, 1.807) is 0 Å². The van der Waals surface area contributed by atoms with E-state index >= 15 is 0 Å². The number of allylic oxidation sites excluding steroid dienone is 1. The molecule has 0 aromatic rings. The van der Waals surface area contributed by atoms with Crippen LogP contribution in [0, 0.1) is 5.92 Å². The zero-order valence-electron chi connectivity index (χ0n) is 10.7. The lowest BCUT2D eigenvalue weighted by atomic mass is 10.00. The Kier molecular flexibility index (Phi) is 8.92. The molecule has 0 saturated carbocycles. The topological polar surface area (TPSA) is 63.3 Å². The van der Waals surface area contributed by atoms with Crippen LogP contribution in [0.2, 0.25) is 0 Å². The van der Waals surface area contributed by atoms with Gasteiger partial charge in [-0.2, -0.15) is 24.9 Å². The lowest BCUT2D eigenvalue weighted by Crippen LogP contribution is -2.30. The minimum absolute atomic E-state index is 0.0459. The molecule has 19 heavy (non-hydrogen) atoms. The van der Waals surface area contributed by atoms with Crippen molar-refractivity contribution < 1.29 is 23.1 Å². The second kappa shape index (κ2) is 9.25. The molecule has 0 aliphatic rings. The van der Waals surface area contributed by atoms with Crippen LogP contribution in [0.5, 0.6) is 0 Å². The number of carboxylic acids is 1. The van der Waals surface area contributed by atoms with Gasteiger partial charge in [0.25, 0.3) is 0 Å². The van der Waals surface area contributed by atoms with Crippen LogP contribution >= 0.6 is 11.8 Å². The highest BCUT2D eigenvalue weighted by Gasteiger charge is 2.38. The Bertz CT molecular complexity index is 285. The Morgan fingerprint density at radius 3 is 2.37 bits per heavy atom. The van der Waals surface area contributed by atoms with Crippen molar-refractivity contribution in [2.75, 3.05) is 11.5 Å². The van der Waals surface area contributed by atoms with Crippen LogP contribution in [0.4, 0.5) is 13.2 Å². The van der Waals surface area contributed by atoms with Gasteiger partial charge in [-0.05, 0) is 37.2 Å². The van der Waals surface area contributed by atoms with Crippen molar-refractivity contribution in [1.82, 2.24) is 0 Å². The fraction of sp³-hybridized carbons (Fsp3) is 0.750. The Balaban J connectivity index is 3.87. The number of nitrogens with two attached hydrogens (primary N) is 1. The van der Waals surface area contributed by atoms with Crippen LogP contribution in [0.15, 0.2) is 12.7 Å². The first kappa shape index (κ1) is 18.3. The maximum absolute atomic E-state index is 12.6. The van der Waals surface area contributed by atoms with Crippen molar-refractivity contribution >= 4 is 17.7 Å². The lowest BCUT2D eigenvalue weighted by molar-refractivity contribution is -0.176. The molecule has 7 heteroatoms. The maximum atomic E-state index is 12.6. The number of carbonyl (C=O) groups is 1. The van der Waals surface area contributed by atoms with Crippen molar-refractivity contribution in [3.05, 3.63) is 12.7 Å². The monoisotopic (exact) mass is 299 g/mol. The molecule has 0 aliphatic carbocycles. The van der Waals surface area contributed by atoms with Crippen LogP contribution < -0.4 is 5.73 Å². The van der Waals surface area contributed by atoms with Gasteiger partial charge in [-0.1, -0.05) is 6.08 Å². The standard InChI is InChI=1S/C12H20F3NO2S/c1-2-3-4-9(12(13,14)15)5-7-19-8-6-10(16)11(17)18/h2,9-10H,1,3-8,16H2,(H,17,18). The number of halogens is 3. The van der Waals surface area contributed by atoms with Gasteiger partial charge in [-0.15, -0.1) is 6.58 Å². The summed E-state index contributed by atoms with van der Waals surface area (Å²) in [7, 11) is 0. The molecule has 0 heterocycles. The highest BCUT2D eigenvalue weighted by atomic mass is 32.2. The van der Waals surface area contributed by atoms with Crippen LogP contribution in [-0.2, 0) is 4.79 Å². The van der Waals surface area contributed by atoms with Crippen LogP contribution in [0.1, 0.15) is 25.7 Å². The van der Waals surface area contributed by atoms with Gasteiger partial charge in [-0.25, -0.2) is 0 Å². The highest BCUT2D eigenvalue weighted by Crippen LogP contribution is 2.33. The average molecular weight is 299 g/mol. The van der Waals surface area contributed by atoms with Gasteiger partial charge < -0.3 is 10.8 Å². The summed E-state index contributed by atoms with van der Waals surface area (Å²) in [6.45, 7) is 3.42. The van der Waals surface area contributed by atoms with Gasteiger partial charge in [0.15, 0.2) is 0 Å². The van der Waals surface area contributed by atoms with Crippen molar-refractivity contribution in [1.29, 1.82) is 0 Å². The fourth-order valence-corrected chi connectivity index (χ4v) is 2.53. The zero-order valence-corrected chi connectivity index (χ0v) is 11.5. The fourth-order valence-electron chi connectivity index (χ4n) is 1.45. The summed E-state index contributed by atoms with van der Waals surface area (Å²) >= 11 is 1.31. The van der Waals surface area contributed by atoms with E-state index in [1.807, 2.05) is 0 Å². The summed E-state index contributed by atoms with van der Waals surface area (Å²) in [5.41, 5.74) is 5.29. The molecular formula is C12H20F3NO2S. The van der Waals surface area contributed by atoms with E-state index in [0.29, 0.717) is 17.9 Å². The van der Waals surface area contributed by atoms with Crippen molar-refractivity contribution in [3.63, 3.8) is 0 Å². The number of aliphatic carboxylic acids is 1. The molecule has 0 aromatic heterocycles. The Labute approximate surface area is 115 Å². The van der Waals surface area contributed by atoms with E-state index in [0.717, 1.165) is 0 Å². The molecule has 0 rings (SSSR count). The first-order valence-electron chi connectivity index (χ1n) is 6.02. The number of rotatable bonds is 10. The van der Waals surface area contributed by atoms with E-state index in [4.69, 9.17) is 10.8 Å². The van der Waals surface area contributed by atoms with Crippen molar-refractivity contribution in [2.45, 2.75) is 37.9 Å². The van der Waals surface area contributed by atoms with E-state index in [-0.39, 0.29) is 19.3 Å². The molecule has 0 spiro atoms. The molecule has 0 radical (unpaired) electrons. The molecule has 2 unspecified atom stereocenters. The average Bonchev–Trinajstić information content (AvgIpc) is 2.30. The zero-order chi connectivity index (χ0) is 14.9. The molecule has 0 saturated heterocycles. The third-order valence-electron chi connectivity index (χ3n) is 2.68.